The minimum atomic E-state index is 0.0965. The number of rotatable bonds is 6. The summed E-state index contributed by atoms with van der Waals surface area (Å²) in [6.45, 7) is 6.45. The molecule has 0 N–H and O–H groups in total. The quantitative estimate of drug-likeness (QED) is 0.802. The van der Waals surface area contributed by atoms with E-state index < -0.39 is 0 Å². The van der Waals surface area contributed by atoms with Gasteiger partial charge in [0, 0.05) is 38.0 Å². The van der Waals surface area contributed by atoms with E-state index in [1.54, 1.807) is 7.11 Å². The maximum Gasteiger partial charge on any atom is 0.275 e. The van der Waals surface area contributed by atoms with Crippen LogP contribution in [0.4, 0.5) is 0 Å². The van der Waals surface area contributed by atoms with Crippen molar-refractivity contribution in [2.24, 2.45) is 5.92 Å². The summed E-state index contributed by atoms with van der Waals surface area (Å²) in [5, 5.41) is 1.00. The molecule has 0 aliphatic rings. The van der Waals surface area contributed by atoms with Gasteiger partial charge in [0.1, 0.15) is 5.52 Å². The second-order valence-electron chi connectivity index (χ2n) is 5.30. The molecule has 2 aromatic heterocycles. The van der Waals surface area contributed by atoms with Gasteiger partial charge in [-0.3, -0.25) is 4.79 Å². The first-order valence-electron chi connectivity index (χ1n) is 6.80. The van der Waals surface area contributed by atoms with Gasteiger partial charge in [0.25, 0.3) is 5.56 Å². The largest absolute Gasteiger partial charge is 0.383 e. The number of hydrogen-bond acceptors (Lipinski definition) is 2. The Morgan fingerprint density at radius 2 is 1.84 bits per heavy atom. The molecule has 19 heavy (non-hydrogen) atoms. The SMILES string of the molecule is COCCn1ccc2ccn(CCC(C)C)c(=O)c21. The average molecular weight is 262 g/mol. The summed E-state index contributed by atoms with van der Waals surface area (Å²) < 4.78 is 8.87. The summed E-state index contributed by atoms with van der Waals surface area (Å²) in [5.74, 6) is 0.600. The third-order valence-corrected chi connectivity index (χ3v) is 3.38. The standard InChI is InChI=1S/C15H22N2O2/c1-12(2)4-7-17-9-6-13-5-8-16(10-11-19-3)14(13)15(17)18/h5-6,8-9,12H,4,7,10-11H2,1-3H3. The number of aromatic nitrogens is 2. The van der Waals surface area contributed by atoms with Crippen molar-refractivity contribution in [2.75, 3.05) is 13.7 Å². The van der Waals surface area contributed by atoms with Crippen LogP contribution in [0, 0.1) is 5.92 Å². The lowest BCUT2D eigenvalue weighted by Crippen LogP contribution is -2.22. The summed E-state index contributed by atoms with van der Waals surface area (Å²) >= 11 is 0. The fourth-order valence-electron chi connectivity index (χ4n) is 2.19. The van der Waals surface area contributed by atoms with Gasteiger partial charge in [-0.05, 0) is 24.5 Å². The molecule has 0 bridgehead atoms. The highest BCUT2D eigenvalue weighted by molar-refractivity contribution is 5.78. The zero-order valence-electron chi connectivity index (χ0n) is 11.9. The Bertz CT molecular complexity index is 596. The van der Waals surface area contributed by atoms with Gasteiger partial charge >= 0.3 is 0 Å². The Labute approximate surface area is 113 Å². The van der Waals surface area contributed by atoms with Gasteiger partial charge in [0.15, 0.2) is 0 Å². The zero-order valence-corrected chi connectivity index (χ0v) is 11.9. The van der Waals surface area contributed by atoms with Crippen LogP contribution >= 0.6 is 0 Å². The number of aryl methyl sites for hydroxylation is 1. The molecule has 0 unspecified atom stereocenters. The maximum absolute atomic E-state index is 12.5. The van der Waals surface area contributed by atoms with Crippen LogP contribution in [0.3, 0.4) is 0 Å². The lowest BCUT2D eigenvalue weighted by molar-refractivity contribution is 0.188. The fourth-order valence-corrected chi connectivity index (χ4v) is 2.19. The normalized spacial score (nSPS) is 11.6. The molecule has 0 fully saturated rings. The van der Waals surface area contributed by atoms with E-state index in [2.05, 4.69) is 13.8 Å². The van der Waals surface area contributed by atoms with Crippen molar-refractivity contribution in [1.29, 1.82) is 0 Å². The van der Waals surface area contributed by atoms with Crippen LogP contribution in [0.2, 0.25) is 0 Å². The molecule has 2 rings (SSSR count). The van der Waals surface area contributed by atoms with Crippen molar-refractivity contribution >= 4 is 10.9 Å². The summed E-state index contributed by atoms with van der Waals surface area (Å²) in [6, 6.07) is 4.00. The Hall–Kier alpha value is -1.55. The highest BCUT2D eigenvalue weighted by atomic mass is 16.5. The summed E-state index contributed by atoms with van der Waals surface area (Å²) in [4.78, 5) is 12.5. The molecule has 0 aliphatic carbocycles. The van der Waals surface area contributed by atoms with E-state index in [4.69, 9.17) is 4.74 Å². The Balaban J connectivity index is 2.35. The van der Waals surface area contributed by atoms with Crippen LogP contribution < -0.4 is 5.56 Å². The van der Waals surface area contributed by atoms with E-state index in [9.17, 15) is 4.79 Å². The molecule has 2 heterocycles. The molecule has 0 atom stereocenters. The number of pyridine rings is 1. The summed E-state index contributed by atoms with van der Waals surface area (Å²) in [5.41, 5.74) is 0.877. The minimum Gasteiger partial charge on any atom is -0.383 e. The Morgan fingerprint density at radius 3 is 2.47 bits per heavy atom. The number of nitrogens with zero attached hydrogens (tertiary/aromatic N) is 2. The van der Waals surface area contributed by atoms with Crippen LogP contribution in [-0.2, 0) is 17.8 Å². The van der Waals surface area contributed by atoms with Crippen molar-refractivity contribution in [3.63, 3.8) is 0 Å². The minimum absolute atomic E-state index is 0.0965. The fraction of sp³-hybridized carbons (Fsp3) is 0.533. The maximum atomic E-state index is 12.5. The topological polar surface area (TPSA) is 36.2 Å². The molecule has 104 valence electrons. The second-order valence-corrected chi connectivity index (χ2v) is 5.30. The second kappa shape index (κ2) is 6.06. The first kappa shape index (κ1) is 13.9. The van der Waals surface area contributed by atoms with E-state index >= 15 is 0 Å². The van der Waals surface area contributed by atoms with E-state index in [0.717, 1.165) is 23.9 Å². The molecule has 4 nitrogen and oxygen atoms in total. The third kappa shape index (κ3) is 3.07. The number of hydrogen-bond donors (Lipinski definition) is 0. The first-order chi connectivity index (χ1) is 9.13. The number of ether oxygens (including phenoxy) is 1. The molecule has 0 radical (unpaired) electrons. The molecule has 0 amide bonds. The number of methoxy groups -OCH3 is 1. The molecular weight excluding hydrogens is 240 g/mol. The molecule has 0 saturated heterocycles. The van der Waals surface area contributed by atoms with Gasteiger partial charge in [-0.25, -0.2) is 0 Å². The molecule has 0 aliphatic heterocycles. The molecule has 0 aromatic carbocycles. The van der Waals surface area contributed by atoms with Crippen molar-refractivity contribution in [3.8, 4) is 0 Å². The predicted octanol–water partition coefficient (Wildman–Crippen LogP) is 2.50. The average Bonchev–Trinajstić information content (AvgIpc) is 2.79. The Kier molecular flexibility index (Phi) is 4.43. The van der Waals surface area contributed by atoms with E-state index in [1.165, 1.54) is 0 Å². The monoisotopic (exact) mass is 262 g/mol. The van der Waals surface area contributed by atoms with E-state index in [-0.39, 0.29) is 5.56 Å². The van der Waals surface area contributed by atoms with Gasteiger partial charge in [-0.1, -0.05) is 13.8 Å². The molecule has 4 heteroatoms. The molecule has 0 saturated carbocycles. The number of fused-ring (bicyclic) bond motifs is 1. The zero-order chi connectivity index (χ0) is 13.8. The molecular formula is C15H22N2O2. The third-order valence-electron chi connectivity index (χ3n) is 3.38. The summed E-state index contributed by atoms with van der Waals surface area (Å²) in [6.07, 6.45) is 4.87. The smallest absolute Gasteiger partial charge is 0.275 e. The van der Waals surface area contributed by atoms with Crippen LogP contribution in [0.15, 0.2) is 29.3 Å². The van der Waals surface area contributed by atoms with Crippen LogP contribution in [0.25, 0.3) is 10.9 Å². The lowest BCUT2D eigenvalue weighted by atomic mass is 10.1. The first-order valence-corrected chi connectivity index (χ1v) is 6.80. The highest BCUT2D eigenvalue weighted by Crippen LogP contribution is 2.12. The van der Waals surface area contributed by atoms with E-state index in [0.29, 0.717) is 19.1 Å². The Morgan fingerprint density at radius 1 is 1.16 bits per heavy atom. The van der Waals surface area contributed by atoms with Gasteiger partial charge in [0.2, 0.25) is 0 Å². The predicted molar refractivity (Wildman–Crippen MR) is 77.5 cm³/mol. The van der Waals surface area contributed by atoms with Crippen molar-refractivity contribution in [3.05, 3.63) is 34.9 Å². The van der Waals surface area contributed by atoms with Crippen LogP contribution in [0.5, 0.6) is 0 Å². The lowest BCUT2D eigenvalue weighted by Gasteiger charge is -2.09. The molecule has 0 spiro atoms. The van der Waals surface area contributed by atoms with Crippen molar-refractivity contribution < 1.29 is 4.74 Å². The van der Waals surface area contributed by atoms with Crippen LogP contribution in [0.1, 0.15) is 20.3 Å². The van der Waals surface area contributed by atoms with Crippen LogP contribution in [-0.4, -0.2) is 22.9 Å². The van der Waals surface area contributed by atoms with Crippen molar-refractivity contribution in [2.45, 2.75) is 33.4 Å². The molecule has 2 aromatic rings. The van der Waals surface area contributed by atoms with Gasteiger partial charge in [-0.15, -0.1) is 0 Å². The summed E-state index contributed by atoms with van der Waals surface area (Å²) in [7, 11) is 1.67. The van der Waals surface area contributed by atoms with Gasteiger partial charge in [-0.2, -0.15) is 0 Å². The highest BCUT2D eigenvalue weighted by Gasteiger charge is 2.08. The van der Waals surface area contributed by atoms with Crippen molar-refractivity contribution in [1.82, 2.24) is 9.13 Å². The van der Waals surface area contributed by atoms with Gasteiger partial charge in [0.05, 0.1) is 6.61 Å². The van der Waals surface area contributed by atoms with E-state index in [1.807, 2.05) is 33.7 Å². The van der Waals surface area contributed by atoms with Gasteiger partial charge < -0.3 is 13.9 Å².